The summed E-state index contributed by atoms with van der Waals surface area (Å²) in [5.41, 5.74) is -0.473. The van der Waals surface area contributed by atoms with Crippen LogP contribution in [0.25, 0.3) is 0 Å². The molecular weight excluding hydrogens is 298 g/mol. The maximum atomic E-state index is 11.9. The number of nitrogens with one attached hydrogen (secondary N) is 1. The highest BCUT2D eigenvalue weighted by atomic mass is 32.2. The molecule has 1 saturated heterocycles. The topological polar surface area (TPSA) is 98.8 Å². The number of fused-ring (bicyclic) bond motifs is 1. The lowest BCUT2D eigenvalue weighted by atomic mass is 9.82. The highest BCUT2D eigenvalue weighted by Gasteiger charge is 2.72. The van der Waals surface area contributed by atoms with E-state index < -0.39 is 44.9 Å². The van der Waals surface area contributed by atoms with E-state index in [9.17, 15) is 18.0 Å². The van der Waals surface area contributed by atoms with E-state index in [-0.39, 0.29) is 12.5 Å². The first-order valence-corrected chi connectivity index (χ1v) is 8.27. The first-order chi connectivity index (χ1) is 9.78. The smallest absolute Gasteiger partial charge is 0.325 e. The van der Waals surface area contributed by atoms with E-state index >= 15 is 0 Å². The number of hydrogen-bond acceptors (Lipinski definition) is 6. The maximum Gasteiger partial charge on any atom is 0.325 e. The van der Waals surface area contributed by atoms with E-state index in [1.165, 1.54) is 0 Å². The third kappa shape index (κ3) is 2.08. The Labute approximate surface area is 122 Å². The monoisotopic (exact) mass is 315 g/mol. The Kier molecular flexibility index (Phi) is 3.14. The molecule has 0 aromatic carbocycles. The Hall–Kier alpha value is -1.41. The summed E-state index contributed by atoms with van der Waals surface area (Å²) in [6.45, 7) is 4.88. The molecule has 3 aliphatic rings. The fraction of sp³-hybridized carbons (Fsp3) is 0.692. The van der Waals surface area contributed by atoms with E-state index in [2.05, 4.69) is 11.9 Å². The predicted octanol–water partition coefficient (Wildman–Crippen LogP) is -0.272. The summed E-state index contributed by atoms with van der Waals surface area (Å²) in [7, 11) is -3.56. The molecule has 0 aromatic heterocycles. The van der Waals surface area contributed by atoms with Crippen LogP contribution in [0, 0.1) is 11.3 Å². The van der Waals surface area contributed by atoms with Gasteiger partial charge in [-0.25, -0.2) is 0 Å². The molecule has 2 saturated carbocycles. The molecule has 2 aliphatic carbocycles. The number of hydrogen-bond donors (Lipinski definition) is 1. The van der Waals surface area contributed by atoms with E-state index in [1.54, 1.807) is 0 Å². The molecular formula is C13H17NO6S. The second-order valence-corrected chi connectivity index (χ2v) is 7.83. The molecule has 3 rings (SSSR count). The second kappa shape index (κ2) is 4.54. The zero-order valence-electron chi connectivity index (χ0n) is 11.6. The second-order valence-electron chi connectivity index (χ2n) is 6.08. The van der Waals surface area contributed by atoms with Crippen LogP contribution in [0.15, 0.2) is 12.7 Å². The van der Waals surface area contributed by atoms with Crippen molar-refractivity contribution in [3.8, 4) is 0 Å². The molecule has 7 nitrogen and oxygen atoms in total. The molecule has 0 spiro atoms. The lowest BCUT2D eigenvalue weighted by Crippen LogP contribution is -2.43. The Bertz CT molecular complexity index is 614. The zero-order valence-corrected chi connectivity index (χ0v) is 12.4. The van der Waals surface area contributed by atoms with Crippen LogP contribution in [0.1, 0.15) is 19.8 Å². The molecule has 0 radical (unpaired) electrons. The molecule has 3 fully saturated rings. The van der Waals surface area contributed by atoms with Gasteiger partial charge in [-0.3, -0.25) is 13.8 Å². The first kappa shape index (κ1) is 14.5. The van der Waals surface area contributed by atoms with Gasteiger partial charge >= 0.3 is 5.97 Å². The van der Waals surface area contributed by atoms with Gasteiger partial charge in [-0.2, -0.15) is 8.42 Å². The summed E-state index contributed by atoms with van der Waals surface area (Å²) in [6, 6.07) is 0. The summed E-state index contributed by atoms with van der Waals surface area (Å²) in [4.78, 5) is 22.8. The molecule has 1 amide bonds. The van der Waals surface area contributed by atoms with Gasteiger partial charge in [0.25, 0.3) is 10.1 Å². The van der Waals surface area contributed by atoms with Crippen molar-refractivity contribution >= 4 is 22.0 Å². The summed E-state index contributed by atoms with van der Waals surface area (Å²) in [6.07, 6.45) is 1.04. The summed E-state index contributed by atoms with van der Waals surface area (Å²) < 4.78 is 34.4. The highest BCUT2D eigenvalue weighted by molar-refractivity contribution is 7.87. The SMILES string of the molecule is C=CC(=O)NCC(=O)OC1C2CC3C(C)(C2)C1OS3(=O)=O. The molecule has 1 aliphatic heterocycles. The lowest BCUT2D eigenvalue weighted by molar-refractivity contribution is -0.156. The first-order valence-electron chi connectivity index (χ1n) is 6.80. The molecule has 116 valence electrons. The van der Waals surface area contributed by atoms with Gasteiger partial charge in [0.1, 0.15) is 18.8 Å². The van der Waals surface area contributed by atoms with Gasteiger partial charge in [0.15, 0.2) is 0 Å². The number of ether oxygens (including phenoxy) is 1. The Morgan fingerprint density at radius 2 is 2.24 bits per heavy atom. The van der Waals surface area contributed by atoms with Gasteiger partial charge in [-0.05, 0) is 18.9 Å². The minimum Gasteiger partial charge on any atom is -0.458 e. The van der Waals surface area contributed by atoms with Gasteiger partial charge < -0.3 is 10.1 Å². The molecule has 5 atom stereocenters. The number of carbonyl (C=O) groups excluding carboxylic acids is 2. The molecule has 0 aromatic rings. The largest absolute Gasteiger partial charge is 0.458 e. The molecule has 2 bridgehead atoms. The maximum absolute atomic E-state index is 11.9. The van der Waals surface area contributed by atoms with E-state index in [4.69, 9.17) is 8.92 Å². The van der Waals surface area contributed by atoms with Crippen LogP contribution in [0.5, 0.6) is 0 Å². The Morgan fingerprint density at radius 1 is 1.52 bits per heavy atom. The Balaban J connectivity index is 1.68. The quantitative estimate of drug-likeness (QED) is 0.435. The van der Waals surface area contributed by atoms with Crippen LogP contribution >= 0.6 is 0 Å². The minimum absolute atomic E-state index is 0.00123. The van der Waals surface area contributed by atoms with Crippen LogP contribution in [0.4, 0.5) is 0 Å². The zero-order chi connectivity index (χ0) is 15.4. The van der Waals surface area contributed by atoms with Crippen LogP contribution in [0.3, 0.4) is 0 Å². The van der Waals surface area contributed by atoms with Crippen LogP contribution in [-0.4, -0.2) is 44.3 Å². The molecule has 1 heterocycles. The van der Waals surface area contributed by atoms with Crippen molar-refractivity contribution in [3.05, 3.63) is 12.7 Å². The van der Waals surface area contributed by atoms with Crippen molar-refractivity contribution < 1.29 is 26.9 Å². The summed E-state index contributed by atoms with van der Waals surface area (Å²) in [5.74, 6) is -1.07. The molecule has 5 unspecified atom stereocenters. The van der Waals surface area contributed by atoms with Gasteiger partial charge in [-0.15, -0.1) is 0 Å². The Morgan fingerprint density at radius 3 is 2.90 bits per heavy atom. The van der Waals surface area contributed by atoms with Crippen molar-refractivity contribution in [2.24, 2.45) is 11.3 Å². The summed E-state index contributed by atoms with van der Waals surface area (Å²) >= 11 is 0. The van der Waals surface area contributed by atoms with Gasteiger partial charge in [-0.1, -0.05) is 13.5 Å². The fourth-order valence-corrected chi connectivity index (χ4v) is 6.03. The van der Waals surface area contributed by atoms with Crippen molar-refractivity contribution in [2.45, 2.75) is 37.2 Å². The molecule has 8 heteroatoms. The number of esters is 1. The summed E-state index contributed by atoms with van der Waals surface area (Å²) in [5, 5.41) is 1.84. The average Bonchev–Trinajstić information content (AvgIpc) is 2.92. The third-order valence-electron chi connectivity index (χ3n) is 4.81. The van der Waals surface area contributed by atoms with Crippen LogP contribution in [-0.2, 0) is 28.6 Å². The van der Waals surface area contributed by atoms with Crippen molar-refractivity contribution in [3.63, 3.8) is 0 Å². The van der Waals surface area contributed by atoms with Crippen molar-refractivity contribution in [1.29, 1.82) is 0 Å². The van der Waals surface area contributed by atoms with Crippen molar-refractivity contribution in [1.82, 2.24) is 5.32 Å². The van der Waals surface area contributed by atoms with Gasteiger partial charge in [0, 0.05) is 11.3 Å². The molecule has 1 N–H and O–H groups in total. The minimum atomic E-state index is -3.56. The third-order valence-corrected chi connectivity index (χ3v) is 6.72. The van der Waals surface area contributed by atoms with E-state index in [1.807, 2.05) is 6.92 Å². The van der Waals surface area contributed by atoms with E-state index in [0.717, 1.165) is 6.08 Å². The van der Waals surface area contributed by atoms with Crippen molar-refractivity contribution in [2.75, 3.05) is 6.54 Å². The van der Waals surface area contributed by atoms with Gasteiger partial charge in [0.2, 0.25) is 5.91 Å². The highest BCUT2D eigenvalue weighted by Crippen LogP contribution is 2.62. The number of rotatable bonds is 4. The van der Waals surface area contributed by atoms with Crippen LogP contribution in [0.2, 0.25) is 0 Å². The van der Waals surface area contributed by atoms with Gasteiger partial charge in [0.05, 0.1) is 5.25 Å². The molecule has 21 heavy (non-hydrogen) atoms. The fourth-order valence-electron chi connectivity index (χ4n) is 3.90. The number of carbonyl (C=O) groups is 2. The lowest BCUT2D eigenvalue weighted by Gasteiger charge is -2.30. The predicted molar refractivity (Wildman–Crippen MR) is 71.5 cm³/mol. The normalized spacial score (nSPS) is 41.8. The average molecular weight is 315 g/mol. The van der Waals surface area contributed by atoms with E-state index in [0.29, 0.717) is 12.8 Å². The standard InChI is InChI=1S/C13H17NO6S/c1-3-9(15)14-6-10(16)19-11-7-4-8-13(2,5-7)12(11)20-21(8,17)18/h3,7-8,11-12H,1,4-6H2,2H3,(H,14,15). The van der Waals surface area contributed by atoms with Crippen LogP contribution < -0.4 is 5.32 Å². The number of amides is 1.